The van der Waals surface area contributed by atoms with Gasteiger partial charge in [-0.2, -0.15) is 0 Å². The van der Waals surface area contributed by atoms with Crippen molar-refractivity contribution in [2.75, 3.05) is 7.05 Å². The Kier molecular flexibility index (Phi) is 3.67. The highest BCUT2D eigenvalue weighted by molar-refractivity contribution is 7.10. The van der Waals surface area contributed by atoms with Crippen LogP contribution >= 0.6 is 11.3 Å². The number of thiophene rings is 1. The maximum absolute atomic E-state index is 14.0. The van der Waals surface area contributed by atoms with Gasteiger partial charge in [0.1, 0.15) is 5.82 Å². The highest BCUT2D eigenvalue weighted by Gasteiger charge is 2.30. The van der Waals surface area contributed by atoms with Crippen molar-refractivity contribution >= 4 is 11.3 Å². The molecule has 3 rings (SSSR count). The zero-order valence-electron chi connectivity index (χ0n) is 11.0. The van der Waals surface area contributed by atoms with Crippen molar-refractivity contribution in [3.05, 3.63) is 57.5 Å². The van der Waals surface area contributed by atoms with Crippen LogP contribution in [0.4, 0.5) is 4.39 Å². The fourth-order valence-electron chi connectivity index (χ4n) is 3.17. The molecular weight excluding hydrogens is 257 g/mol. The first-order valence-corrected chi connectivity index (χ1v) is 7.67. The normalized spacial score (nSPS) is 20.0. The van der Waals surface area contributed by atoms with Crippen molar-refractivity contribution in [2.24, 2.45) is 0 Å². The van der Waals surface area contributed by atoms with Crippen LogP contribution < -0.4 is 5.32 Å². The summed E-state index contributed by atoms with van der Waals surface area (Å²) in [5, 5.41) is 5.49. The van der Waals surface area contributed by atoms with Crippen molar-refractivity contribution in [1.82, 2.24) is 5.32 Å². The summed E-state index contributed by atoms with van der Waals surface area (Å²) in [6, 6.07) is 9.40. The first-order valence-electron chi connectivity index (χ1n) is 6.79. The fourth-order valence-corrected chi connectivity index (χ4v) is 4.17. The molecule has 0 aliphatic heterocycles. The third-order valence-corrected chi connectivity index (χ3v) is 5.05. The van der Waals surface area contributed by atoms with Crippen LogP contribution in [-0.4, -0.2) is 7.05 Å². The average molecular weight is 275 g/mol. The van der Waals surface area contributed by atoms with Crippen LogP contribution in [0, 0.1) is 5.82 Å². The zero-order chi connectivity index (χ0) is 13.2. The van der Waals surface area contributed by atoms with Crippen LogP contribution in [0.25, 0.3) is 0 Å². The quantitative estimate of drug-likeness (QED) is 0.882. The minimum absolute atomic E-state index is 0.0647. The predicted octanol–water partition coefficient (Wildman–Crippen LogP) is 4.27. The van der Waals surface area contributed by atoms with Gasteiger partial charge in [-0.05, 0) is 49.4 Å². The molecule has 1 nitrogen and oxygen atoms in total. The summed E-state index contributed by atoms with van der Waals surface area (Å²) in [5.74, 6) is 0.279. The first kappa shape index (κ1) is 12.8. The predicted molar refractivity (Wildman–Crippen MR) is 78.2 cm³/mol. The van der Waals surface area contributed by atoms with Gasteiger partial charge >= 0.3 is 0 Å². The number of aryl methyl sites for hydroxylation is 1. The lowest BCUT2D eigenvalue weighted by Gasteiger charge is -2.31. The molecule has 0 fully saturated rings. The van der Waals surface area contributed by atoms with Gasteiger partial charge in [0.05, 0.1) is 0 Å². The van der Waals surface area contributed by atoms with E-state index in [9.17, 15) is 4.39 Å². The summed E-state index contributed by atoms with van der Waals surface area (Å²) < 4.78 is 14.0. The van der Waals surface area contributed by atoms with Crippen LogP contribution in [0.3, 0.4) is 0 Å². The third-order valence-electron chi connectivity index (χ3n) is 4.05. The molecule has 0 saturated heterocycles. The molecular formula is C16H18FNS. The Bertz CT molecular complexity index is 563. The molecule has 2 unspecified atom stereocenters. The Morgan fingerprint density at radius 3 is 2.95 bits per heavy atom. The second-order valence-electron chi connectivity index (χ2n) is 5.09. The van der Waals surface area contributed by atoms with Crippen LogP contribution in [-0.2, 0) is 6.42 Å². The van der Waals surface area contributed by atoms with E-state index in [4.69, 9.17) is 0 Å². The summed E-state index contributed by atoms with van der Waals surface area (Å²) >= 11 is 1.83. The minimum atomic E-state index is -0.107. The van der Waals surface area contributed by atoms with E-state index >= 15 is 0 Å². The van der Waals surface area contributed by atoms with E-state index in [1.807, 2.05) is 30.5 Å². The number of halogens is 1. The van der Waals surface area contributed by atoms with E-state index in [0.29, 0.717) is 5.92 Å². The molecule has 2 atom stereocenters. The molecule has 2 aromatic rings. The summed E-state index contributed by atoms with van der Waals surface area (Å²) in [7, 11) is 1.93. The molecule has 1 aliphatic carbocycles. The molecule has 1 aliphatic rings. The van der Waals surface area contributed by atoms with Crippen LogP contribution in [0.2, 0.25) is 0 Å². The van der Waals surface area contributed by atoms with E-state index < -0.39 is 0 Å². The first-order chi connectivity index (χ1) is 9.31. The van der Waals surface area contributed by atoms with Gasteiger partial charge in [-0.1, -0.05) is 18.2 Å². The van der Waals surface area contributed by atoms with E-state index in [-0.39, 0.29) is 11.9 Å². The van der Waals surface area contributed by atoms with E-state index in [1.165, 1.54) is 23.3 Å². The fraction of sp³-hybridized carbons (Fsp3) is 0.375. The van der Waals surface area contributed by atoms with E-state index in [2.05, 4.69) is 16.8 Å². The van der Waals surface area contributed by atoms with Gasteiger partial charge in [0.25, 0.3) is 0 Å². The standard InChI is InChI=1S/C16H18FNS/c1-18-16(13-5-2-3-7-14(13)17)12-6-4-8-15-11(12)9-10-19-15/h2-3,5,7,9-10,12,16,18H,4,6,8H2,1H3. The highest BCUT2D eigenvalue weighted by atomic mass is 32.1. The van der Waals surface area contributed by atoms with Crippen molar-refractivity contribution in [3.8, 4) is 0 Å². The van der Waals surface area contributed by atoms with Gasteiger partial charge in [-0.15, -0.1) is 11.3 Å². The molecule has 0 bridgehead atoms. The van der Waals surface area contributed by atoms with Crippen LogP contribution in [0.5, 0.6) is 0 Å². The molecule has 0 radical (unpaired) electrons. The molecule has 0 amide bonds. The lowest BCUT2D eigenvalue weighted by molar-refractivity contribution is 0.414. The largest absolute Gasteiger partial charge is 0.312 e. The maximum atomic E-state index is 14.0. The Labute approximate surface area is 117 Å². The van der Waals surface area contributed by atoms with E-state index in [1.54, 1.807) is 12.1 Å². The number of likely N-dealkylation sites (N-methyl/N-ethyl adjacent to an activating group) is 1. The summed E-state index contributed by atoms with van der Waals surface area (Å²) in [4.78, 5) is 1.48. The number of hydrogen-bond acceptors (Lipinski definition) is 2. The Hall–Kier alpha value is -1.19. The molecule has 1 heterocycles. The van der Waals surface area contributed by atoms with Gasteiger partial charge in [0, 0.05) is 22.4 Å². The topological polar surface area (TPSA) is 12.0 Å². The number of rotatable bonds is 3. The van der Waals surface area contributed by atoms with Crippen molar-refractivity contribution in [2.45, 2.75) is 31.2 Å². The lowest BCUT2D eigenvalue weighted by Crippen LogP contribution is -2.26. The number of fused-ring (bicyclic) bond motifs is 1. The maximum Gasteiger partial charge on any atom is 0.128 e. The monoisotopic (exact) mass is 275 g/mol. The van der Waals surface area contributed by atoms with E-state index in [0.717, 1.165) is 12.0 Å². The second kappa shape index (κ2) is 5.43. The Morgan fingerprint density at radius 1 is 1.32 bits per heavy atom. The zero-order valence-corrected chi connectivity index (χ0v) is 11.8. The van der Waals surface area contributed by atoms with Crippen LogP contribution in [0.15, 0.2) is 35.7 Å². The highest BCUT2D eigenvalue weighted by Crippen LogP contribution is 2.42. The van der Waals surface area contributed by atoms with Gasteiger partial charge in [0.2, 0.25) is 0 Å². The van der Waals surface area contributed by atoms with Gasteiger partial charge < -0.3 is 5.32 Å². The lowest BCUT2D eigenvalue weighted by atomic mass is 9.80. The SMILES string of the molecule is CNC(c1ccccc1F)C1CCCc2sccc21. The summed E-state index contributed by atoms with van der Waals surface area (Å²) in [6.45, 7) is 0. The van der Waals surface area contributed by atoms with Gasteiger partial charge in [-0.25, -0.2) is 4.39 Å². The average Bonchev–Trinajstić information content (AvgIpc) is 2.91. The second-order valence-corrected chi connectivity index (χ2v) is 6.09. The summed E-state index contributed by atoms with van der Waals surface area (Å²) in [5.41, 5.74) is 2.20. The summed E-state index contributed by atoms with van der Waals surface area (Å²) in [6.07, 6.45) is 3.51. The van der Waals surface area contributed by atoms with Crippen molar-refractivity contribution in [1.29, 1.82) is 0 Å². The molecule has 19 heavy (non-hydrogen) atoms. The van der Waals surface area contributed by atoms with Crippen molar-refractivity contribution in [3.63, 3.8) is 0 Å². The molecule has 100 valence electrons. The number of nitrogens with one attached hydrogen (secondary N) is 1. The molecule has 1 N–H and O–H groups in total. The van der Waals surface area contributed by atoms with Gasteiger partial charge in [0.15, 0.2) is 0 Å². The van der Waals surface area contributed by atoms with Crippen molar-refractivity contribution < 1.29 is 4.39 Å². The molecule has 0 saturated carbocycles. The molecule has 0 spiro atoms. The smallest absolute Gasteiger partial charge is 0.128 e. The third kappa shape index (κ3) is 2.33. The Balaban J connectivity index is 1.99. The van der Waals surface area contributed by atoms with Gasteiger partial charge in [-0.3, -0.25) is 0 Å². The minimum Gasteiger partial charge on any atom is -0.312 e. The number of benzene rings is 1. The molecule has 1 aromatic carbocycles. The van der Waals surface area contributed by atoms with Crippen LogP contribution in [0.1, 0.15) is 40.8 Å². The Morgan fingerprint density at radius 2 is 2.16 bits per heavy atom. The number of hydrogen-bond donors (Lipinski definition) is 1. The molecule has 1 aromatic heterocycles. The molecule has 3 heteroatoms.